The number of hydrogen-bond donors (Lipinski definition) is 0. The summed E-state index contributed by atoms with van der Waals surface area (Å²) in [4.78, 5) is 13.9. The van der Waals surface area contributed by atoms with Crippen LogP contribution in [0, 0.1) is 11.3 Å². The summed E-state index contributed by atoms with van der Waals surface area (Å²) in [6.07, 6.45) is 1.85. The summed E-state index contributed by atoms with van der Waals surface area (Å²) >= 11 is 1.30. The van der Waals surface area contributed by atoms with Gasteiger partial charge < -0.3 is 0 Å². The summed E-state index contributed by atoms with van der Waals surface area (Å²) in [5.74, 6) is 0.0436. The average molecular weight is 323 g/mol. The molecule has 6 nitrogen and oxygen atoms in total. The fourth-order valence-electron chi connectivity index (χ4n) is 2.12. The van der Waals surface area contributed by atoms with Crippen molar-refractivity contribution in [1.82, 2.24) is 14.6 Å². The van der Waals surface area contributed by atoms with Crippen molar-refractivity contribution in [2.24, 2.45) is 0 Å². The van der Waals surface area contributed by atoms with Gasteiger partial charge in [0.2, 0.25) is 5.91 Å². The maximum atomic E-state index is 12.5. The molecule has 0 spiro atoms. The summed E-state index contributed by atoms with van der Waals surface area (Å²) in [7, 11) is 0. The number of rotatable bonds is 5. The van der Waals surface area contributed by atoms with Crippen LogP contribution >= 0.6 is 11.8 Å². The number of hydrogen-bond acceptors (Lipinski definition) is 5. The number of fused-ring (bicyclic) bond motifs is 1. The van der Waals surface area contributed by atoms with Gasteiger partial charge in [-0.2, -0.15) is 5.26 Å². The number of aromatic nitrogens is 3. The van der Waals surface area contributed by atoms with Gasteiger partial charge in [-0.1, -0.05) is 36.0 Å². The van der Waals surface area contributed by atoms with E-state index in [9.17, 15) is 4.79 Å². The Labute approximate surface area is 137 Å². The molecule has 23 heavy (non-hydrogen) atoms. The first-order valence-electron chi connectivity index (χ1n) is 6.94. The van der Waals surface area contributed by atoms with E-state index in [1.165, 1.54) is 16.7 Å². The molecular weight excluding hydrogens is 310 g/mol. The molecule has 0 atom stereocenters. The number of benzene rings is 1. The Kier molecular flexibility index (Phi) is 4.54. The van der Waals surface area contributed by atoms with E-state index in [1.54, 1.807) is 0 Å². The van der Waals surface area contributed by atoms with Crippen LogP contribution in [-0.4, -0.2) is 32.8 Å². The number of nitrogens with zero attached hydrogens (tertiary/aromatic N) is 5. The molecule has 2 aromatic heterocycles. The van der Waals surface area contributed by atoms with Crippen LogP contribution in [-0.2, 0) is 4.79 Å². The first kappa shape index (κ1) is 15.1. The van der Waals surface area contributed by atoms with E-state index >= 15 is 0 Å². The van der Waals surface area contributed by atoms with E-state index < -0.39 is 0 Å². The van der Waals surface area contributed by atoms with Crippen LogP contribution in [0.5, 0.6) is 0 Å². The third-order valence-electron chi connectivity index (χ3n) is 3.20. The van der Waals surface area contributed by atoms with Gasteiger partial charge in [-0.15, -0.1) is 10.2 Å². The number of anilines is 1. The van der Waals surface area contributed by atoms with E-state index in [0.717, 1.165) is 5.65 Å². The highest BCUT2D eigenvalue weighted by molar-refractivity contribution is 7.99. The predicted octanol–water partition coefficient (Wildman–Crippen LogP) is 2.38. The van der Waals surface area contributed by atoms with Crippen molar-refractivity contribution >= 4 is 29.0 Å². The maximum Gasteiger partial charge on any atom is 0.238 e. The molecule has 0 aliphatic carbocycles. The number of carbonyl (C=O) groups is 1. The van der Waals surface area contributed by atoms with Gasteiger partial charge in [0.15, 0.2) is 10.8 Å². The monoisotopic (exact) mass is 323 g/mol. The zero-order valence-corrected chi connectivity index (χ0v) is 13.0. The molecule has 114 valence electrons. The highest BCUT2D eigenvalue weighted by Gasteiger charge is 2.17. The van der Waals surface area contributed by atoms with Gasteiger partial charge >= 0.3 is 0 Å². The second-order valence-electron chi connectivity index (χ2n) is 4.67. The predicted molar refractivity (Wildman–Crippen MR) is 88.1 cm³/mol. The largest absolute Gasteiger partial charge is 0.298 e. The van der Waals surface area contributed by atoms with Crippen LogP contribution in [0.25, 0.3) is 5.65 Å². The van der Waals surface area contributed by atoms with Crippen molar-refractivity contribution in [3.63, 3.8) is 0 Å². The highest BCUT2D eigenvalue weighted by atomic mass is 32.2. The second-order valence-corrected chi connectivity index (χ2v) is 5.62. The zero-order valence-electron chi connectivity index (χ0n) is 12.2. The minimum Gasteiger partial charge on any atom is -0.298 e. The fourth-order valence-corrected chi connectivity index (χ4v) is 2.92. The topological polar surface area (TPSA) is 74.3 Å². The van der Waals surface area contributed by atoms with Crippen molar-refractivity contribution in [3.05, 3.63) is 54.7 Å². The van der Waals surface area contributed by atoms with Crippen molar-refractivity contribution in [3.8, 4) is 6.07 Å². The Hall–Kier alpha value is -2.85. The number of carbonyl (C=O) groups excluding carboxylic acids is 1. The average Bonchev–Trinajstić information content (AvgIpc) is 3.01. The van der Waals surface area contributed by atoms with Crippen LogP contribution in [0.2, 0.25) is 0 Å². The molecule has 0 N–H and O–H groups in total. The molecule has 0 saturated carbocycles. The lowest BCUT2D eigenvalue weighted by molar-refractivity contribution is -0.116. The third-order valence-corrected chi connectivity index (χ3v) is 4.13. The molecule has 2 heterocycles. The quantitative estimate of drug-likeness (QED) is 0.532. The molecule has 7 heteroatoms. The lowest BCUT2D eigenvalue weighted by atomic mass is 10.3. The Bertz CT molecular complexity index is 856. The van der Waals surface area contributed by atoms with Gasteiger partial charge in [0.25, 0.3) is 0 Å². The Morgan fingerprint density at radius 2 is 1.96 bits per heavy atom. The maximum absolute atomic E-state index is 12.5. The van der Waals surface area contributed by atoms with E-state index in [4.69, 9.17) is 5.26 Å². The second kappa shape index (κ2) is 6.94. The van der Waals surface area contributed by atoms with E-state index in [2.05, 4.69) is 10.2 Å². The van der Waals surface area contributed by atoms with E-state index in [0.29, 0.717) is 10.8 Å². The van der Waals surface area contributed by atoms with Crippen LogP contribution in [0.4, 0.5) is 5.69 Å². The zero-order chi connectivity index (χ0) is 16.1. The molecule has 3 aromatic rings. The molecule has 3 rings (SSSR count). The smallest absolute Gasteiger partial charge is 0.238 e. The number of pyridine rings is 1. The van der Waals surface area contributed by atoms with Crippen molar-refractivity contribution in [2.45, 2.75) is 5.16 Å². The third kappa shape index (κ3) is 3.33. The Balaban J connectivity index is 1.74. The molecule has 0 bridgehead atoms. The van der Waals surface area contributed by atoms with Gasteiger partial charge in [-0.3, -0.25) is 14.1 Å². The standard InChI is InChI=1S/C16H13N5OS/c17-9-11-20(13-6-2-1-3-7-13)15(22)12-23-16-19-18-14-8-4-5-10-21(14)16/h1-8,10H,11-12H2. The highest BCUT2D eigenvalue weighted by Crippen LogP contribution is 2.19. The first-order valence-corrected chi connectivity index (χ1v) is 7.93. The fraction of sp³-hybridized carbons (Fsp3) is 0.125. The molecule has 0 radical (unpaired) electrons. The van der Waals surface area contributed by atoms with Gasteiger partial charge in [0.05, 0.1) is 11.8 Å². The summed E-state index contributed by atoms with van der Waals surface area (Å²) in [5.41, 5.74) is 1.45. The number of thioether (sulfide) groups is 1. The van der Waals surface area contributed by atoms with Crippen LogP contribution in [0.1, 0.15) is 0 Å². The summed E-state index contributed by atoms with van der Waals surface area (Å²) in [6, 6.07) is 16.8. The first-order chi connectivity index (χ1) is 11.3. The molecule has 0 saturated heterocycles. The Morgan fingerprint density at radius 3 is 2.74 bits per heavy atom. The molecule has 0 aliphatic heterocycles. The van der Waals surface area contributed by atoms with Gasteiger partial charge in [-0.25, -0.2) is 0 Å². The Morgan fingerprint density at radius 1 is 1.17 bits per heavy atom. The van der Waals surface area contributed by atoms with Crippen LogP contribution in [0.3, 0.4) is 0 Å². The minimum absolute atomic E-state index is 0.0178. The lowest BCUT2D eigenvalue weighted by Gasteiger charge is -2.19. The van der Waals surface area contributed by atoms with Gasteiger partial charge in [-0.05, 0) is 24.3 Å². The number of nitriles is 1. The SMILES string of the molecule is N#CCN(C(=O)CSc1nnc2ccccn12)c1ccccc1. The number of amides is 1. The normalized spacial score (nSPS) is 10.4. The number of para-hydroxylation sites is 1. The summed E-state index contributed by atoms with van der Waals surface area (Å²) in [5, 5.41) is 17.8. The van der Waals surface area contributed by atoms with E-state index in [-0.39, 0.29) is 18.2 Å². The van der Waals surface area contributed by atoms with E-state index in [1.807, 2.05) is 65.2 Å². The summed E-state index contributed by atoms with van der Waals surface area (Å²) in [6.45, 7) is 0.0178. The minimum atomic E-state index is -0.143. The molecule has 0 fully saturated rings. The van der Waals surface area contributed by atoms with Crippen molar-refractivity contribution < 1.29 is 4.79 Å². The lowest BCUT2D eigenvalue weighted by Crippen LogP contribution is -2.32. The summed E-state index contributed by atoms with van der Waals surface area (Å²) < 4.78 is 1.83. The van der Waals surface area contributed by atoms with Crippen molar-refractivity contribution in [2.75, 3.05) is 17.2 Å². The molecule has 0 unspecified atom stereocenters. The molecular formula is C16H13N5OS. The van der Waals surface area contributed by atoms with Gasteiger partial charge in [0, 0.05) is 11.9 Å². The van der Waals surface area contributed by atoms with Gasteiger partial charge in [0.1, 0.15) is 6.54 Å². The van der Waals surface area contributed by atoms with Crippen LogP contribution in [0.15, 0.2) is 59.9 Å². The molecule has 1 aromatic carbocycles. The van der Waals surface area contributed by atoms with Crippen molar-refractivity contribution in [1.29, 1.82) is 5.26 Å². The molecule has 1 amide bonds. The van der Waals surface area contributed by atoms with Crippen LogP contribution < -0.4 is 4.90 Å². The molecule has 0 aliphatic rings.